The molecular weight excluding hydrogens is 364 g/mol. The third-order valence-corrected chi connectivity index (χ3v) is 7.92. The topological polar surface area (TPSA) is 58.6 Å². The van der Waals surface area contributed by atoms with Crippen LogP contribution in [-0.2, 0) is 9.59 Å². The Labute approximate surface area is 173 Å². The lowest BCUT2D eigenvalue weighted by atomic mass is 9.49. The molecule has 4 aliphatic carbocycles. The highest BCUT2D eigenvalue weighted by molar-refractivity contribution is 5.99. The van der Waals surface area contributed by atoms with E-state index in [1.54, 1.807) is 7.11 Å². The van der Waals surface area contributed by atoms with Crippen molar-refractivity contribution in [1.29, 1.82) is 0 Å². The van der Waals surface area contributed by atoms with Gasteiger partial charge in [0.25, 0.3) is 0 Å². The normalized spacial score (nSPS) is 35.0. The Morgan fingerprint density at radius 3 is 2.38 bits per heavy atom. The number of nitrogens with zero attached hydrogens (tertiary/aromatic N) is 1. The second-order valence-electron chi connectivity index (χ2n) is 10.0. The molecule has 5 heteroatoms. The molecule has 1 N–H and O–H groups in total. The summed E-state index contributed by atoms with van der Waals surface area (Å²) in [6.45, 7) is 2.71. The average molecular weight is 397 g/mol. The molecule has 1 saturated heterocycles. The first-order valence-corrected chi connectivity index (χ1v) is 11.2. The molecule has 1 atom stereocenters. The van der Waals surface area contributed by atoms with Crippen LogP contribution in [-0.4, -0.2) is 36.4 Å². The largest absolute Gasteiger partial charge is 0.495 e. The Balaban J connectivity index is 1.34. The van der Waals surface area contributed by atoms with Gasteiger partial charge in [0.05, 0.1) is 18.2 Å². The summed E-state index contributed by atoms with van der Waals surface area (Å²) in [5, 5.41) is 3.05. The van der Waals surface area contributed by atoms with Crippen molar-refractivity contribution in [3.05, 3.63) is 23.8 Å². The Hall–Kier alpha value is -2.04. The number of nitrogens with one attached hydrogen (secondary N) is 1. The molecule has 4 saturated carbocycles. The highest BCUT2D eigenvalue weighted by Gasteiger charge is 2.56. The highest BCUT2D eigenvalue weighted by atomic mass is 16.5. The minimum absolute atomic E-state index is 0.0792. The van der Waals surface area contributed by atoms with Crippen LogP contribution in [0.15, 0.2) is 18.2 Å². The van der Waals surface area contributed by atoms with Crippen LogP contribution in [0.4, 0.5) is 5.69 Å². The van der Waals surface area contributed by atoms with E-state index in [4.69, 9.17) is 4.74 Å². The van der Waals surface area contributed by atoms with Gasteiger partial charge in [0.15, 0.2) is 0 Å². The molecule has 0 spiro atoms. The van der Waals surface area contributed by atoms with Crippen molar-refractivity contribution in [2.24, 2.45) is 23.2 Å². The van der Waals surface area contributed by atoms with Gasteiger partial charge in [-0.2, -0.15) is 0 Å². The second kappa shape index (κ2) is 7.03. The van der Waals surface area contributed by atoms with E-state index in [9.17, 15) is 9.59 Å². The Morgan fingerprint density at radius 1 is 1.10 bits per heavy atom. The Bertz CT molecular complexity index is 798. The minimum Gasteiger partial charge on any atom is -0.495 e. The predicted octanol–water partition coefficient (Wildman–Crippen LogP) is 4.15. The van der Waals surface area contributed by atoms with Crippen LogP contribution < -0.4 is 10.1 Å². The van der Waals surface area contributed by atoms with Crippen molar-refractivity contribution in [2.75, 3.05) is 19.0 Å². The SMILES string of the molecule is COc1ccc(C)cc1NC(=O)[C@@H]1CCCN1C(=O)C12CC3CC(CC(C3)C1)C2. The molecule has 1 aromatic rings. The van der Waals surface area contributed by atoms with Crippen LogP contribution in [0.2, 0.25) is 0 Å². The van der Waals surface area contributed by atoms with Gasteiger partial charge in [-0.25, -0.2) is 0 Å². The van der Waals surface area contributed by atoms with Gasteiger partial charge in [-0.3, -0.25) is 9.59 Å². The van der Waals surface area contributed by atoms with Gasteiger partial charge in [0.1, 0.15) is 11.8 Å². The van der Waals surface area contributed by atoms with Gasteiger partial charge in [-0.15, -0.1) is 0 Å². The molecule has 5 aliphatic rings. The van der Waals surface area contributed by atoms with Crippen LogP contribution in [0.1, 0.15) is 56.9 Å². The van der Waals surface area contributed by atoms with Crippen molar-refractivity contribution in [1.82, 2.24) is 4.90 Å². The number of hydrogen-bond donors (Lipinski definition) is 1. The van der Waals surface area contributed by atoms with E-state index in [1.165, 1.54) is 19.3 Å². The molecule has 29 heavy (non-hydrogen) atoms. The summed E-state index contributed by atoms with van der Waals surface area (Å²) in [4.78, 5) is 28.9. The number of likely N-dealkylation sites (tertiary alicyclic amines) is 1. The fourth-order valence-electron chi connectivity index (χ4n) is 7.10. The highest BCUT2D eigenvalue weighted by Crippen LogP contribution is 2.60. The smallest absolute Gasteiger partial charge is 0.247 e. The third kappa shape index (κ3) is 3.23. The number of amides is 2. The average Bonchev–Trinajstić information content (AvgIpc) is 3.16. The summed E-state index contributed by atoms with van der Waals surface area (Å²) in [6.07, 6.45) is 8.77. The van der Waals surface area contributed by atoms with Crippen LogP contribution >= 0.6 is 0 Å². The lowest BCUT2D eigenvalue weighted by molar-refractivity contribution is -0.160. The molecule has 5 fully saturated rings. The van der Waals surface area contributed by atoms with Gasteiger partial charge in [-0.05, 0) is 93.7 Å². The zero-order valence-electron chi connectivity index (χ0n) is 17.6. The molecule has 2 amide bonds. The predicted molar refractivity (Wildman–Crippen MR) is 112 cm³/mol. The molecule has 1 aromatic carbocycles. The molecular formula is C24H32N2O3. The van der Waals surface area contributed by atoms with E-state index in [2.05, 4.69) is 5.32 Å². The number of carbonyl (C=O) groups excluding carboxylic acids is 2. The number of benzene rings is 1. The molecule has 0 radical (unpaired) electrons. The molecule has 0 aromatic heterocycles. The molecule has 6 rings (SSSR count). The first-order valence-electron chi connectivity index (χ1n) is 11.2. The number of methoxy groups -OCH3 is 1. The first-order chi connectivity index (χ1) is 14.0. The van der Waals surface area contributed by atoms with Crippen LogP contribution in [0.5, 0.6) is 5.75 Å². The fourth-order valence-corrected chi connectivity index (χ4v) is 7.10. The van der Waals surface area contributed by atoms with Crippen molar-refractivity contribution < 1.29 is 14.3 Å². The van der Waals surface area contributed by atoms with E-state index < -0.39 is 0 Å². The maximum Gasteiger partial charge on any atom is 0.247 e. The first kappa shape index (κ1) is 19.0. The van der Waals surface area contributed by atoms with Crippen molar-refractivity contribution >= 4 is 17.5 Å². The standard InChI is InChI=1S/C24H32N2O3/c1-15-5-6-21(29-2)19(8-15)25-22(27)20-4-3-7-26(20)23(28)24-12-16-9-17(13-24)11-18(10-16)14-24/h5-6,8,16-18,20H,3-4,7,9-14H2,1-2H3,(H,25,27)/t16?,17?,18?,20-,24?/m0/s1. The molecule has 156 valence electrons. The molecule has 1 aliphatic heterocycles. The summed E-state index contributed by atoms with van der Waals surface area (Å²) in [7, 11) is 1.61. The number of rotatable bonds is 4. The van der Waals surface area contributed by atoms with Gasteiger partial charge >= 0.3 is 0 Å². The van der Waals surface area contributed by atoms with E-state index in [0.29, 0.717) is 18.0 Å². The lowest BCUT2D eigenvalue weighted by Gasteiger charge is -2.56. The summed E-state index contributed by atoms with van der Waals surface area (Å²) in [6, 6.07) is 5.41. The molecule has 4 bridgehead atoms. The van der Waals surface area contributed by atoms with Crippen LogP contribution in [0.25, 0.3) is 0 Å². The summed E-state index contributed by atoms with van der Waals surface area (Å²) < 4.78 is 5.41. The van der Waals surface area contributed by atoms with Crippen molar-refractivity contribution in [2.45, 2.75) is 64.3 Å². The van der Waals surface area contributed by atoms with Crippen molar-refractivity contribution in [3.8, 4) is 5.75 Å². The maximum atomic E-state index is 13.8. The van der Waals surface area contributed by atoms with E-state index in [1.807, 2.05) is 30.0 Å². The monoisotopic (exact) mass is 396 g/mol. The fraction of sp³-hybridized carbons (Fsp3) is 0.667. The lowest BCUT2D eigenvalue weighted by Crippen LogP contribution is -2.56. The van der Waals surface area contributed by atoms with Crippen molar-refractivity contribution in [3.63, 3.8) is 0 Å². The van der Waals surface area contributed by atoms with E-state index in [0.717, 1.165) is 55.4 Å². The zero-order valence-corrected chi connectivity index (χ0v) is 17.6. The van der Waals surface area contributed by atoms with Crippen LogP contribution in [0, 0.1) is 30.1 Å². The maximum absolute atomic E-state index is 13.8. The second-order valence-corrected chi connectivity index (χ2v) is 10.0. The Morgan fingerprint density at radius 2 is 1.76 bits per heavy atom. The van der Waals surface area contributed by atoms with Crippen LogP contribution in [0.3, 0.4) is 0 Å². The summed E-state index contributed by atoms with van der Waals surface area (Å²) in [5.74, 6) is 3.04. The number of ether oxygens (including phenoxy) is 1. The summed E-state index contributed by atoms with van der Waals surface area (Å²) >= 11 is 0. The number of carbonyl (C=O) groups is 2. The Kier molecular flexibility index (Phi) is 4.60. The number of aryl methyl sites for hydroxylation is 1. The minimum atomic E-state index is -0.360. The van der Waals surface area contributed by atoms with Gasteiger partial charge in [-0.1, -0.05) is 6.07 Å². The van der Waals surface area contributed by atoms with Gasteiger partial charge < -0.3 is 15.0 Å². The van der Waals surface area contributed by atoms with E-state index in [-0.39, 0.29) is 23.3 Å². The zero-order chi connectivity index (χ0) is 20.2. The molecule has 1 heterocycles. The summed E-state index contributed by atoms with van der Waals surface area (Å²) in [5.41, 5.74) is 1.57. The third-order valence-electron chi connectivity index (χ3n) is 7.92. The van der Waals surface area contributed by atoms with Gasteiger partial charge in [0.2, 0.25) is 11.8 Å². The van der Waals surface area contributed by atoms with Gasteiger partial charge in [0, 0.05) is 6.54 Å². The molecule has 5 nitrogen and oxygen atoms in total. The van der Waals surface area contributed by atoms with E-state index >= 15 is 0 Å². The number of hydrogen-bond acceptors (Lipinski definition) is 3. The number of anilines is 1. The molecule has 0 unspecified atom stereocenters. The quantitative estimate of drug-likeness (QED) is 0.832.